The van der Waals surface area contributed by atoms with Crippen molar-refractivity contribution in [3.05, 3.63) is 35.3 Å². The van der Waals surface area contributed by atoms with E-state index in [4.69, 9.17) is 5.11 Å². The van der Waals surface area contributed by atoms with Gasteiger partial charge in [0.25, 0.3) is 0 Å². The van der Waals surface area contributed by atoms with E-state index >= 15 is 0 Å². The van der Waals surface area contributed by atoms with Gasteiger partial charge in [-0.1, -0.05) is 26.8 Å². The first-order valence-corrected chi connectivity index (χ1v) is 5.53. The van der Waals surface area contributed by atoms with Gasteiger partial charge in [-0.25, -0.2) is 9.78 Å². The molecule has 1 N–H and O–H groups in total. The number of hydrogen-bond donors (Lipinski definition) is 1. The standard InChI is InChI=1S/C13H16N2O2/c1-8-5-6-9(13(2,3)4)11-14-7-10(12(16)17)15(8)11/h5-7H,1-4H3,(H,16,17). The average molecular weight is 232 g/mol. The van der Waals surface area contributed by atoms with Gasteiger partial charge in [0.1, 0.15) is 5.65 Å². The van der Waals surface area contributed by atoms with E-state index in [-0.39, 0.29) is 11.1 Å². The molecule has 0 radical (unpaired) electrons. The van der Waals surface area contributed by atoms with E-state index < -0.39 is 5.97 Å². The quantitative estimate of drug-likeness (QED) is 0.822. The summed E-state index contributed by atoms with van der Waals surface area (Å²) in [5.41, 5.74) is 2.81. The molecule has 17 heavy (non-hydrogen) atoms. The predicted molar refractivity (Wildman–Crippen MR) is 65.6 cm³/mol. The fraction of sp³-hybridized carbons (Fsp3) is 0.385. The Labute approximate surface area is 99.9 Å². The van der Waals surface area contributed by atoms with E-state index in [9.17, 15) is 4.79 Å². The summed E-state index contributed by atoms with van der Waals surface area (Å²) in [6.07, 6.45) is 1.42. The molecule has 2 aromatic rings. The average Bonchev–Trinajstić information content (AvgIpc) is 2.60. The number of hydrogen-bond acceptors (Lipinski definition) is 2. The number of aromatic carboxylic acids is 1. The number of fused-ring (bicyclic) bond motifs is 1. The summed E-state index contributed by atoms with van der Waals surface area (Å²) in [6.45, 7) is 8.15. The van der Waals surface area contributed by atoms with Crippen LogP contribution in [0.4, 0.5) is 0 Å². The monoisotopic (exact) mass is 232 g/mol. The predicted octanol–water partition coefficient (Wildman–Crippen LogP) is 2.64. The molecule has 2 aromatic heterocycles. The Bertz CT molecular complexity index is 591. The minimum Gasteiger partial charge on any atom is -0.477 e. The van der Waals surface area contributed by atoms with Gasteiger partial charge in [-0.2, -0.15) is 0 Å². The second kappa shape index (κ2) is 3.58. The van der Waals surface area contributed by atoms with Crippen LogP contribution in [0.15, 0.2) is 18.3 Å². The van der Waals surface area contributed by atoms with Gasteiger partial charge < -0.3 is 5.11 Å². The zero-order valence-corrected chi connectivity index (χ0v) is 10.5. The van der Waals surface area contributed by atoms with Crippen LogP contribution in [0.1, 0.15) is 42.5 Å². The first-order chi connectivity index (χ1) is 7.82. The SMILES string of the molecule is Cc1ccc(C(C)(C)C)c2ncc(C(=O)O)n12. The van der Waals surface area contributed by atoms with Crippen LogP contribution in [-0.4, -0.2) is 20.5 Å². The summed E-state index contributed by atoms with van der Waals surface area (Å²) in [7, 11) is 0. The van der Waals surface area contributed by atoms with Gasteiger partial charge in [-0.05, 0) is 18.4 Å². The molecule has 0 aliphatic rings. The molecule has 0 aliphatic heterocycles. The Morgan fingerprint density at radius 3 is 2.53 bits per heavy atom. The summed E-state index contributed by atoms with van der Waals surface area (Å²) < 4.78 is 1.70. The molecule has 0 fully saturated rings. The lowest BCUT2D eigenvalue weighted by Crippen LogP contribution is -2.14. The summed E-state index contributed by atoms with van der Waals surface area (Å²) in [6, 6.07) is 3.95. The van der Waals surface area contributed by atoms with E-state index in [0.29, 0.717) is 0 Å². The zero-order valence-electron chi connectivity index (χ0n) is 10.5. The molecule has 0 saturated heterocycles. The molecule has 90 valence electrons. The molecule has 4 heteroatoms. The molecule has 0 aromatic carbocycles. The van der Waals surface area contributed by atoms with E-state index in [1.54, 1.807) is 4.40 Å². The third-order valence-electron chi connectivity index (χ3n) is 2.87. The van der Waals surface area contributed by atoms with Crippen molar-refractivity contribution in [3.8, 4) is 0 Å². The van der Waals surface area contributed by atoms with Crippen molar-refractivity contribution in [2.24, 2.45) is 0 Å². The van der Waals surface area contributed by atoms with Crippen LogP contribution in [0.25, 0.3) is 5.65 Å². The Morgan fingerprint density at radius 1 is 1.35 bits per heavy atom. The highest BCUT2D eigenvalue weighted by Crippen LogP contribution is 2.27. The van der Waals surface area contributed by atoms with Crippen molar-refractivity contribution in [1.29, 1.82) is 0 Å². The smallest absolute Gasteiger partial charge is 0.354 e. The van der Waals surface area contributed by atoms with E-state index in [1.807, 2.05) is 19.1 Å². The molecule has 2 rings (SSSR count). The number of carbonyl (C=O) groups is 1. The van der Waals surface area contributed by atoms with Crippen LogP contribution >= 0.6 is 0 Å². The van der Waals surface area contributed by atoms with E-state index in [1.165, 1.54) is 6.20 Å². The maximum absolute atomic E-state index is 11.1. The number of pyridine rings is 1. The lowest BCUT2D eigenvalue weighted by molar-refractivity contribution is 0.0689. The molecule has 0 saturated carbocycles. The normalized spacial score (nSPS) is 12.0. The minimum atomic E-state index is -0.952. The van der Waals surface area contributed by atoms with Crippen LogP contribution in [0.3, 0.4) is 0 Å². The van der Waals surface area contributed by atoms with Gasteiger partial charge >= 0.3 is 5.97 Å². The van der Waals surface area contributed by atoms with Crippen molar-refractivity contribution < 1.29 is 9.90 Å². The fourth-order valence-corrected chi connectivity index (χ4v) is 1.99. The van der Waals surface area contributed by atoms with Gasteiger partial charge in [0.2, 0.25) is 0 Å². The lowest BCUT2D eigenvalue weighted by atomic mass is 9.87. The van der Waals surface area contributed by atoms with Gasteiger partial charge in [0.15, 0.2) is 5.69 Å². The van der Waals surface area contributed by atoms with Gasteiger partial charge in [-0.3, -0.25) is 4.40 Å². The zero-order chi connectivity index (χ0) is 12.8. The van der Waals surface area contributed by atoms with Gasteiger partial charge in [0, 0.05) is 11.3 Å². The number of imidazole rings is 1. The third-order valence-corrected chi connectivity index (χ3v) is 2.87. The molecule has 0 unspecified atom stereocenters. The third kappa shape index (κ3) is 1.79. The lowest BCUT2D eigenvalue weighted by Gasteiger charge is -2.20. The minimum absolute atomic E-state index is 0.0594. The highest BCUT2D eigenvalue weighted by Gasteiger charge is 2.21. The summed E-state index contributed by atoms with van der Waals surface area (Å²) in [5, 5.41) is 9.13. The van der Waals surface area contributed by atoms with Crippen LogP contribution < -0.4 is 0 Å². The fourth-order valence-electron chi connectivity index (χ4n) is 1.99. The van der Waals surface area contributed by atoms with Gasteiger partial charge in [-0.15, -0.1) is 0 Å². The Hall–Kier alpha value is -1.84. The topological polar surface area (TPSA) is 54.6 Å². The number of carboxylic acids is 1. The van der Waals surface area contributed by atoms with Crippen molar-refractivity contribution in [2.45, 2.75) is 33.1 Å². The summed E-state index contributed by atoms with van der Waals surface area (Å²) >= 11 is 0. The van der Waals surface area contributed by atoms with Crippen molar-refractivity contribution in [3.63, 3.8) is 0 Å². The Balaban J connectivity index is 2.85. The Kier molecular flexibility index (Phi) is 2.45. The second-order valence-corrected chi connectivity index (χ2v) is 5.25. The number of carboxylic acid groups (broad SMARTS) is 1. The molecular weight excluding hydrogens is 216 g/mol. The molecule has 0 atom stereocenters. The molecule has 0 amide bonds. The number of rotatable bonds is 1. The maximum atomic E-state index is 11.1. The number of nitrogens with zero attached hydrogens (tertiary/aromatic N) is 2. The molecule has 2 heterocycles. The Morgan fingerprint density at radius 2 is 2.00 bits per heavy atom. The van der Waals surface area contributed by atoms with Crippen LogP contribution in [0.5, 0.6) is 0 Å². The highest BCUT2D eigenvalue weighted by atomic mass is 16.4. The van der Waals surface area contributed by atoms with Crippen molar-refractivity contribution in [1.82, 2.24) is 9.38 Å². The largest absolute Gasteiger partial charge is 0.477 e. The second-order valence-electron chi connectivity index (χ2n) is 5.25. The first kappa shape index (κ1) is 11.6. The van der Waals surface area contributed by atoms with Crippen LogP contribution in [-0.2, 0) is 5.41 Å². The molecule has 0 spiro atoms. The molecule has 4 nitrogen and oxygen atoms in total. The molecule has 0 bridgehead atoms. The van der Waals surface area contributed by atoms with Crippen molar-refractivity contribution >= 4 is 11.6 Å². The summed E-state index contributed by atoms with van der Waals surface area (Å²) in [4.78, 5) is 15.4. The number of aryl methyl sites for hydroxylation is 1. The maximum Gasteiger partial charge on any atom is 0.354 e. The van der Waals surface area contributed by atoms with Crippen LogP contribution in [0, 0.1) is 6.92 Å². The first-order valence-electron chi connectivity index (χ1n) is 5.53. The molecule has 0 aliphatic carbocycles. The molecular formula is C13H16N2O2. The number of aromatic nitrogens is 2. The van der Waals surface area contributed by atoms with Crippen LogP contribution in [0.2, 0.25) is 0 Å². The van der Waals surface area contributed by atoms with E-state index in [0.717, 1.165) is 16.9 Å². The van der Waals surface area contributed by atoms with Crippen molar-refractivity contribution in [2.75, 3.05) is 0 Å². The van der Waals surface area contributed by atoms with Gasteiger partial charge in [0.05, 0.1) is 6.20 Å². The summed E-state index contributed by atoms with van der Waals surface area (Å²) in [5.74, 6) is -0.952. The highest BCUT2D eigenvalue weighted by molar-refractivity contribution is 5.87. The van der Waals surface area contributed by atoms with E-state index in [2.05, 4.69) is 25.8 Å².